The second-order valence-electron chi connectivity index (χ2n) is 12.8. The van der Waals surface area contributed by atoms with Crippen molar-refractivity contribution in [2.45, 2.75) is 77.5 Å². The maximum atomic E-state index is 14.1. The largest absolute Gasteiger partial charge is 0.496 e. The van der Waals surface area contributed by atoms with Crippen LogP contribution in [0.25, 0.3) is 0 Å². The monoisotopic (exact) mass is 587 g/mol. The lowest BCUT2D eigenvalue weighted by Crippen LogP contribution is -2.50. The van der Waals surface area contributed by atoms with E-state index in [1.165, 1.54) is 13.2 Å². The number of carbonyl (C=O) groups excluding carboxylic acids is 2. The van der Waals surface area contributed by atoms with E-state index >= 15 is 0 Å². The number of methoxy groups -OCH3 is 1. The number of benzene rings is 2. The maximum absolute atomic E-state index is 14.1. The molecule has 0 heterocycles. The molecular formula is C34H41N3O6. The van der Waals surface area contributed by atoms with Crippen LogP contribution in [-0.4, -0.2) is 54.1 Å². The summed E-state index contributed by atoms with van der Waals surface area (Å²) in [7, 11) is 3.21. The number of nitrogens with zero attached hydrogens (tertiary/aromatic N) is 2. The van der Waals surface area contributed by atoms with E-state index in [0.29, 0.717) is 32.2 Å². The summed E-state index contributed by atoms with van der Waals surface area (Å²) in [5.74, 6) is -0.417. The van der Waals surface area contributed by atoms with Crippen molar-refractivity contribution in [3.8, 4) is 17.6 Å². The zero-order valence-corrected chi connectivity index (χ0v) is 25.4. The molecule has 3 saturated carbocycles. The average molecular weight is 588 g/mol. The van der Waals surface area contributed by atoms with Crippen molar-refractivity contribution in [2.75, 3.05) is 14.2 Å². The van der Waals surface area contributed by atoms with Crippen LogP contribution in [0, 0.1) is 41.4 Å². The summed E-state index contributed by atoms with van der Waals surface area (Å²) >= 11 is 0. The molecule has 3 fully saturated rings. The summed E-state index contributed by atoms with van der Waals surface area (Å²) in [5.41, 5.74) is 1.91. The second-order valence-corrected chi connectivity index (χ2v) is 12.8. The van der Waals surface area contributed by atoms with E-state index in [9.17, 15) is 24.8 Å². The predicted molar refractivity (Wildman–Crippen MR) is 160 cm³/mol. The summed E-state index contributed by atoms with van der Waals surface area (Å²) < 4.78 is 11.8. The van der Waals surface area contributed by atoms with E-state index < -0.39 is 11.4 Å². The first-order valence-corrected chi connectivity index (χ1v) is 15.2. The quantitative estimate of drug-likeness (QED) is 0.418. The van der Waals surface area contributed by atoms with Gasteiger partial charge in [-0.05, 0) is 82.3 Å². The Kier molecular flexibility index (Phi) is 8.68. The van der Waals surface area contributed by atoms with Gasteiger partial charge in [-0.15, -0.1) is 0 Å². The summed E-state index contributed by atoms with van der Waals surface area (Å²) in [6, 6.07) is 13.0. The van der Waals surface area contributed by atoms with Gasteiger partial charge in [0.2, 0.25) is 5.91 Å². The fourth-order valence-electron chi connectivity index (χ4n) is 7.46. The van der Waals surface area contributed by atoms with Crippen molar-refractivity contribution in [1.29, 1.82) is 5.26 Å². The molecule has 43 heavy (non-hydrogen) atoms. The Morgan fingerprint density at radius 3 is 2.47 bits per heavy atom. The number of carboxylic acids is 1. The van der Waals surface area contributed by atoms with Gasteiger partial charge in [-0.1, -0.05) is 29.8 Å². The van der Waals surface area contributed by atoms with Crippen molar-refractivity contribution in [3.05, 3.63) is 58.7 Å². The third-order valence-corrected chi connectivity index (χ3v) is 9.99. The van der Waals surface area contributed by atoms with Crippen LogP contribution in [0.1, 0.15) is 78.9 Å². The van der Waals surface area contributed by atoms with Crippen LogP contribution in [0.2, 0.25) is 0 Å². The number of amides is 2. The molecule has 2 aromatic carbocycles. The Morgan fingerprint density at radius 1 is 1.09 bits per heavy atom. The number of fused-ring (bicyclic) bond motifs is 2. The molecule has 3 aliphatic carbocycles. The number of hydrogen-bond donors (Lipinski definition) is 2. The smallest absolute Gasteiger partial charge is 0.309 e. The standard InChI is InChI=1S/C34H41N3O6/c1-20-6-5-7-21(14-20)19-36-31(38)29-22-8-9-23(15-22)30(29)37(3)32(39)26-17-27(24(18-35)16-28(26)42-4)43-25-10-12-34(2,13-11-25)33(40)41/h5-7,14,16-17,22-23,25,29-30H,8-13,15,19H2,1-4H3,(H,36,38)(H,40,41)/t22-,23+,25?,29+,30-,34?/m1/s1. The van der Waals surface area contributed by atoms with E-state index in [1.807, 2.05) is 25.1 Å². The third kappa shape index (κ3) is 6.06. The van der Waals surface area contributed by atoms with Crippen LogP contribution >= 0.6 is 0 Å². The molecule has 9 heteroatoms. The fraction of sp³-hybridized carbons (Fsp3) is 0.529. The van der Waals surface area contributed by atoms with E-state index in [2.05, 4.69) is 17.5 Å². The van der Waals surface area contributed by atoms with E-state index in [0.717, 1.165) is 30.4 Å². The van der Waals surface area contributed by atoms with Gasteiger partial charge in [0.25, 0.3) is 5.91 Å². The molecule has 4 atom stereocenters. The van der Waals surface area contributed by atoms with Crippen molar-refractivity contribution in [1.82, 2.24) is 10.2 Å². The number of nitriles is 1. The highest BCUT2D eigenvalue weighted by atomic mass is 16.5. The van der Waals surface area contributed by atoms with Crippen LogP contribution in [0.3, 0.4) is 0 Å². The molecule has 9 nitrogen and oxygen atoms in total. The number of ether oxygens (including phenoxy) is 2. The van der Waals surface area contributed by atoms with Gasteiger partial charge in [0, 0.05) is 25.7 Å². The lowest BCUT2D eigenvalue weighted by molar-refractivity contribution is -0.150. The number of aliphatic carboxylic acids is 1. The van der Waals surface area contributed by atoms with E-state index in [4.69, 9.17) is 9.47 Å². The van der Waals surface area contributed by atoms with Gasteiger partial charge < -0.3 is 24.8 Å². The molecule has 2 amide bonds. The highest BCUT2D eigenvalue weighted by molar-refractivity contribution is 5.98. The molecule has 0 aromatic heterocycles. The molecule has 2 bridgehead atoms. The first-order chi connectivity index (χ1) is 20.5. The highest BCUT2D eigenvalue weighted by Gasteiger charge is 2.53. The molecular weight excluding hydrogens is 546 g/mol. The van der Waals surface area contributed by atoms with Gasteiger partial charge in [-0.25, -0.2) is 0 Å². The SMILES string of the molecule is COc1cc(C#N)c(OC2CCC(C)(C(=O)O)CC2)cc1C(=O)N(C)[C@@H]1[C@H]2CC[C@H](C2)[C@@H]1C(=O)NCc1cccc(C)c1. The maximum Gasteiger partial charge on any atom is 0.309 e. The molecule has 5 rings (SSSR count). The van der Waals surface area contributed by atoms with Gasteiger partial charge in [-0.2, -0.15) is 5.26 Å². The molecule has 2 aromatic rings. The molecule has 0 aliphatic heterocycles. The minimum absolute atomic E-state index is 0.0279. The van der Waals surface area contributed by atoms with Gasteiger partial charge in [0.05, 0.1) is 35.7 Å². The predicted octanol–water partition coefficient (Wildman–Crippen LogP) is 5.09. The van der Waals surface area contributed by atoms with Crippen LogP contribution < -0.4 is 14.8 Å². The Hall–Kier alpha value is -4.06. The van der Waals surface area contributed by atoms with E-state index in [-0.39, 0.29) is 64.3 Å². The minimum Gasteiger partial charge on any atom is -0.496 e. The zero-order valence-electron chi connectivity index (χ0n) is 25.4. The molecule has 228 valence electrons. The number of carbonyl (C=O) groups is 3. The number of aryl methyl sites for hydroxylation is 1. The molecule has 3 aliphatic rings. The zero-order chi connectivity index (χ0) is 30.9. The first-order valence-electron chi connectivity index (χ1n) is 15.2. The van der Waals surface area contributed by atoms with Gasteiger partial charge in [0.1, 0.15) is 17.6 Å². The fourth-order valence-corrected chi connectivity index (χ4v) is 7.46. The van der Waals surface area contributed by atoms with Crippen LogP contribution in [0.4, 0.5) is 0 Å². The molecule has 0 spiro atoms. The lowest BCUT2D eigenvalue weighted by Gasteiger charge is -2.37. The van der Waals surface area contributed by atoms with Crippen molar-refractivity contribution >= 4 is 17.8 Å². The Labute approximate surface area is 253 Å². The van der Waals surface area contributed by atoms with Gasteiger partial charge in [-0.3, -0.25) is 14.4 Å². The molecule has 2 N–H and O–H groups in total. The second kappa shape index (κ2) is 12.3. The lowest BCUT2D eigenvalue weighted by atomic mass is 9.75. The average Bonchev–Trinajstić information content (AvgIpc) is 3.62. The minimum atomic E-state index is -0.813. The number of nitrogens with one attached hydrogen (secondary N) is 1. The summed E-state index contributed by atoms with van der Waals surface area (Å²) in [5, 5.41) is 22.5. The number of carboxylic acid groups (broad SMARTS) is 1. The summed E-state index contributed by atoms with van der Waals surface area (Å²) in [6.07, 6.45) is 4.62. The Bertz CT molecular complexity index is 1440. The van der Waals surface area contributed by atoms with Crippen molar-refractivity contribution in [3.63, 3.8) is 0 Å². The Morgan fingerprint density at radius 2 is 1.81 bits per heavy atom. The topological polar surface area (TPSA) is 129 Å². The van der Waals surface area contributed by atoms with Crippen LogP contribution in [-0.2, 0) is 16.1 Å². The van der Waals surface area contributed by atoms with Crippen LogP contribution in [0.15, 0.2) is 36.4 Å². The van der Waals surface area contributed by atoms with Gasteiger partial charge in [0.15, 0.2) is 0 Å². The Balaban J connectivity index is 1.35. The van der Waals surface area contributed by atoms with Crippen molar-refractivity contribution < 1.29 is 29.0 Å². The van der Waals surface area contributed by atoms with E-state index in [1.54, 1.807) is 24.9 Å². The third-order valence-electron chi connectivity index (χ3n) is 9.99. The first kappa shape index (κ1) is 30.4. The van der Waals surface area contributed by atoms with Crippen molar-refractivity contribution in [2.24, 2.45) is 23.2 Å². The van der Waals surface area contributed by atoms with Crippen LogP contribution in [0.5, 0.6) is 11.5 Å². The van der Waals surface area contributed by atoms with Gasteiger partial charge >= 0.3 is 5.97 Å². The summed E-state index contributed by atoms with van der Waals surface area (Å²) in [4.78, 5) is 41.0. The normalized spacial score (nSPS) is 27.7. The number of hydrogen-bond acceptors (Lipinski definition) is 6. The highest BCUT2D eigenvalue weighted by Crippen LogP contribution is 2.51. The summed E-state index contributed by atoms with van der Waals surface area (Å²) in [6.45, 7) is 4.21. The molecule has 0 radical (unpaired) electrons. The molecule has 0 saturated heterocycles. The molecule has 0 unspecified atom stereocenters. The number of rotatable bonds is 9.